The van der Waals surface area contributed by atoms with Crippen LogP contribution in [0.4, 0.5) is 0 Å². The van der Waals surface area contributed by atoms with Gasteiger partial charge in [-0.1, -0.05) is 110 Å². The zero-order valence-electron chi connectivity index (χ0n) is 21.1. The summed E-state index contributed by atoms with van der Waals surface area (Å²) in [5, 5.41) is 0. The van der Waals surface area contributed by atoms with E-state index in [4.69, 9.17) is 9.47 Å². The smallest absolute Gasteiger partial charge is 0.323 e. The van der Waals surface area contributed by atoms with Gasteiger partial charge in [-0.3, -0.25) is 9.59 Å². The van der Waals surface area contributed by atoms with Gasteiger partial charge in [0.2, 0.25) is 0 Å². The minimum absolute atomic E-state index is 0.110. The van der Waals surface area contributed by atoms with Gasteiger partial charge in [0.25, 0.3) is 0 Å². The van der Waals surface area contributed by atoms with Crippen LogP contribution in [0.1, 0.15) is 136 Å². The number of ether oxygens (including phenoxy) is 2. The van der Waals surface area contributed by atoms with Crippen LogP contribution in [-0.4, -0.2) is 25.2 Å². The molecule has 0 saturated heterocycles. The standard InChI is InChI=1S/C28H50O4/c1-3-5-7-9-11-15-22-31-26(29)28(21-17-19-24-18-13-14-20-25(24)28)27(30)32-23-16-12-10-8-6-4-2/h24-25H,3-23H2,1-2H3. The van der Waals surface area contributed by atoms with E-state index in [9.17, 15) is 9.59 Å². The SMILES string of the molecule is CCCCCCCCOC(=O)C1(C(=O)OCCCCCCCC)CCCC2CCCCC21. The lowest BCUT2D eigenvalue weighted by Crippen LogP contribution is -2.53. The maximum absolute atomic E-state index is 13.4. The molecule has 0 radical (unpaired) electrons. The molecular weight excluding hydrogens is 400 g/mol. The first-order valence-electron chi connectivity index (χ1n) is 14.0. The highest BCUT2D eigenvalue weighted by Crippen LogP contribution is 2.52. The van der Waals surface area contributed by atoms with Crippen molar-refractivity contribution in [2.45, 2.75) is 136 Å². The Kier molecular flexibility index (Phi) is 13.4. The van der Waals surface area contributed by atoms with E-state index in [1.54, 1.807) is 0 Å². The predicted octanol–water partition coefficient (Wildman–Crippen LogP) is 7.77. The Morgan fingerprint density at radius 3 is 1.69 bits per heavy atom. The van der Waals surface area contributed by atoms with Gasteiger partial charge in [0.1, 0.15) is 0 Å². The highest BCUT2D eigenvalue weighted by atomic mass is 16.6. The second-order valence-electron chi connectivity index (χ2n) is 10.3. The molecule has 2 unspecified atom stereocenters. The van der Waals surface area contributed by atoms with Crippen molar-refractivity contribution in [3.8, 4) is 0 Å². The molecule has 0 aromatic rings. The van der Waals surface area contributed by atoms with E-state index in [1.165, 1.54) is 57.8 Å². The van der Waals surface area contributed by atoms with Gasteiger partial charge in [0.05, 0.1) is 13.2 Å². The van der Waals surface area contributed by atoms with E-state index in [0.29, 0.717) is 25.6 Å². The molecule has 186 valence electrons. The number of rotatable bonds is 16. The van der Waals surface area contributed by atoms with Gasteiger partial charge in [0, 0.05) is 0 Å². The summed E-state index contributed by atoms with van der Waals surface area (Å²) in [7, 11) is 0. The van der Waals surface area contributed by atoms with Crippen molar-refractivity contribution in [2.75, 3.05) is 13.2 Å². The van der Waals surface area contributed by atoms with Gasteiger partial charge in [-0.15, -0.1) is 0 Å². The van der Waals surface area contributed by atoms with Crippen molar-refractivity contribution in [1.29, 1.82) is 0 Å². The summed E-state index contributed by atoms with van der Waals surface area (Å²) in [4.78, 5) is 26.9. The van der Waals surface area contributed by atoms with Gasteiger partial charge in [-0.05, 0) is 37.5 Å². The molecule has 2 rings (SSSR count). The Balaban J connectivity index is 1.91. The van der Waals surface area contributed by atoms with Gasteiger partial charge >= 0.3 is 11.9 Å². The van der Waals surface area contributed by atoms with Crippen LogP contribution >= 0.6 is 0 Å². The van der Waals surface area contributed by atoms with Gasteiger partial charge in [-0.2, -0.15) is 0 Å². The van der Waals surface area contributed by atoms with Crippen LogP contribution in [0.2, 0.25) is 0 Å². The average molecular weight is 451 g/mol. The maximum Gasteiger partial charge on any atom is 0.323 e. The average Bonchev–Trinajstić information content (AvgIpc) is 2.82. The lowest BCUT2D eigenvalue weighted by Gasteiger charge is -2.46. The van der Waals surface area contributed by atoms with Crippen molar-refractivity contribution in [2.24, 2.45) is 17.3 Å². The number of hydrogen-bond donors (Lipinski definition) is 0. The highest BCUT2D eigenvalue weighted by molar-refractivity contribution is 6.00. The lowest BCUT2D eigenvalue weighted by atomic mass is 9.57. The van der Waals surface area contributed by atoms with Crippen LogP contribution in [-0.2, 0) is 19.1 Å². The summed E-state index contributed by atoms with van der Waals surface area (Å²) in [6.45, 7) is 5.31. The third kappa shape index (κ3) is 8.06. The van der Waals surface area contributed by atoms with Crippen LogP contribution in [0.3, 0.4) is 0 Å². The fourth-order valence-corrected chi connectivity index (χ4v) is 5.97. The largest absolute Gasteiger partial charge is 0.465 e. The Bertz CT molecular complexity index is 498. The number of esters is 2. The molecule has 2 fully saturated rings. The first-order valence-corrected chi connectivity index (χ1v) is 14.0. The molecule has 32 heavy (non-hydrogen) atoms. The monoisotopic (exact) mass is 450 g/mol. The van der Waals surface area contributed by atoms with Crippen LogP contribution in [0, 0.1) is 17.3 Å². The second-order valence-corrected chi connectivity index (χ2v) is 10.3. The molecule has 0 spiro atoms. The van der Waals surface area contributed by atoms with Crippen molar-refractivity contribution in [1.82, 2.24) is 0 Å². The van der Waals surface area contributed by atoms with Crippen molar-refractivity contribution in [3.63, 3.8) is 0 Å². The molecule has 0 aromatic heterocycles. The summed E-state index contributed by atoms with van der Waals surface area (Å²) in [6.07, 6.45) is 21.0. The van der Waals surface area contributed by atoms with Crippen LogP contribution in [0.15, 0.2) is 0 Å². The van der Waals surface area contributed by atoms with Crippen molar-refractivity contribution in [3.05, 3.63) is 0 Å². The fraction of sp³-hybridized carbons (Fsp3) is 0.929. The number of carbonyl (C=O) groups excluding carboxylic acids is 2. The third-order valence-electron chi connectivity index (χ3n) is 7.88. The zero-order chi connectivity index (χ0) is 23.1. The third-order valence-corrected chi connectivity index (χ3v) is 7.88. The number of fused-ring (bicyclic) bond motifs is 1. The van der Waals surface area contributed by atoms with Crippen LogP contribution in [0.25, 0.3) is 0 Å². The number of unbranched alkanes of at least 4 members (excludes halogenated alkanes) is 10. The minimum Gasteiger partial charge on any atom is -0.465 e. The molecule has 0 N–H and O–H groups in total. The molecule has 2 aliphatic rings. The molecule has 0 amide bonds. The first kappa shape index (κ1) is 27.2. The Labute approximate surface area is 197 Å². The molecule has 2 aliphatic carbocycles. The summed E-state index contributed by atoms with van der Waals surface area (Å²) in [5.41, 5.74) is -1.05. The van der Waals surface area contributed by atoms with Gasteiger partial charge < -0.3 is 9.47 Å². The summed E-state index contributed by atoms with van der Waals surface area (Å²) in [5.74, 6) is 0.0194. The molecule has 0 aromatic carbocycles. The summed E-state index contributed by atoms with van der Waals surface area (Å²) < 4.78 is 11.6. The zero-order valence-corrected chi connectivity index (χ0v) is 21.1. The normalized spacial score (nSPS) is 22.2. The molecule has 0 heterocycles. The van der Waals surface area contributed by atoms with E-state index in [0.717, 1.165) is 57.8 Å². The van der Waals surface area contributed by atoms with Crippen molar-refractivity contribution >= 4 is 11.9 Å². The molecular formula is C28H50O4. The number of hydrogen-bond acceptors (Lipinski definition) is 4. The van der Waals surface area contributed by atoms with Crippen LogP contribution in [0.5, 0.6) is 0 Å². The Morgan fingerprint density at radius 2 is 1.12 bits per heavy atom. The Morgan fingerprint density at radius 1 is 0.656 bits per heavy atom. The highest BCUT2D eigenvalue weighted by Gasteiger charge is 2.58. The van der Waals surface area contributed by atoms with Crippen LogP contribution < -0.4 is 0 Å². The quantitative estimate of drug-likeness (QED) is 0.137. The van der Waals surface area contributed by atoms with E-state index >= 15 is 0 Å². The maximum atomic E-state index is 13.4. The van der Waals surface area contributed by atoms with E-state index in [-0.39, 0.29) is 17.9 Å². The van der Waals surface area contributed by atoms with E-state index < -0.39 is 5.41 Å². The molecule has 2 atom stereocenters. The summed E-state index contributed by atoms with van der Waals surface area (Å²) in [6, 6.07) is 0. The van der Waals surface area contributed by atoms with E-state index in [1.807, 2.05) is 0 Å². The molecule has 0 bridgehead atoms. The topological polar surface area (TPSA) is 52.6 Å². The minimum atomic E-state index is -1.05. The fourth-order valence-electron chi connectivity index (χ4n) is 5.97. The first-order chi connectivity index (χ1) is 15.7. The van der Waals surface area contributed by atoms with Crippen molar-refractivity contribution < 1.29 is 19.1 Å². The van der Waals surface area contributed by atoms with E-state index in [2.05, 4.69) is 13.8 Å². The summed E-state index contributed by atoms with van der Waals surface area (Å²) >= 11 is 0. The number of carbonyl (C=O) groups is 2. The second kappa shape index (κ2) is 15.7. The molecule has 4 nitrogen and oxygen atoms in total. The van der Waals surface area contributed by atoms with Gasteiger partial charge in [-0.25, -0.2) is 0 Å². The Hall–Kier alpha value is -1.06. The lowest BCUT2D eigenvalue weighted by molar-refractivity contribution is -0.184. The predicted molar refractivity (Wildman–Crippen MR) is 130 cm³/mol. The van der Waals surface area contributed by atoms with Gasteiger partial charge in [0.15, 0.2) is 5.41 Å². The molecule has 4 heteroatoms. The molecule has 0 aliphatic heterocycles. The molecule has 2 saturated carbocycles.